The fraction of sp³-hybridized carbons (Fsp3) is 0.471. The minimum Gasteiger partial charge on any atom is -0.433 e. The molecule has 1 aliphatic carbocycles. The number of hydrogen-bond acceptors (Lipinski definition) is 5. The summed E-state index contributed by atoms with van der Waals surface area (Å²) in [5, 5.41) is 1.96. The molecule has 0 atom stereocenters. The molecule has 0 unspecified atom stereocenters. The first-order valence-corrected chi connectivity index (χ1v) is 8.89. The van der Waals surface area contributed by atoms with E-state index < -0.39 is 0 Å². The molecule has 0 bridgehead atoms. The summed E-state index contributed by atoms with van der Waals surface area (Å²) in [6.07, 6.45) is 6.29. The molecule has 0 aromatic carbocycles. The Kier molecular flexibility index (Phi) is 3.53. The van der Waals surface area contributed by atoms with Gasteiger partial charge in [0.25, 0.3) is 0 Å². The van der Waals surface area contributed by atoms with Crippen LogP contribution in [0.1, 0.15) is 37.9 Å². The quantitative estimate of drug-likeness (QED) is 0.530. The van der Waals surface area contributed by atoms with Crippen LogP contribution in [0.25, 0.3) is 22.2 Å². The van der Waals surface area contributed by atoms with Crippen molar-refractivity contribution in [3.05, 3.63) is 23.7 Å². The molecule has 0 saturated heterocycles. The fourth-order valence-corrected chi connectivity index (χ4v) is 3.83. The normalized spacial score (nSPS) is 14.9. The van der Waals surface area contributed by atoms with Gasteiger partial charge >= 0.3 is 0 Å². The first-order valence-electron chi connectivity index (χ1n) is 7.91. The van der Waals surface area contributed by atoms with E-state index in [1.807, 2.05) is 0 Å². The third-order valence-corrected chi connectivity index (χ3v) is 5.44. The molecular formula is C17H19N3OS. The van der Waals surface area contributed by atoms with E-state index in [2.05, 4.69) is 29.9 Å². The van der Waals surface area contributed by atoms with Gasteiger partial charge in [0.2, 0.25) is 5.71 Å². The van der Waals surface area contributed by atoms with E-state index >= 15 is 0 Å². The third-order valence-electron chi connectivity index (χ3n) is 4.04. The lowest BCUT2D eigenvalue weighted by atomic mass is 9.95. The van der Waals surface area contributed by atoms with Crippen molar-refractivity contribution in [3.63, 3.8) is 0 Å². The van der Waals surface area contributed by atoms with Crippen molar-refractivity contribution in [1.29, 1.82) is 0 Å². The van der Waals surface area contributed by atoms with Gasteiger partial charge in [-0.2, -0.15) is 0 Å². The summed E-state index contributed by atoms with van der Waals surface area (Å²) in [5.74, 6) is 1.64. The van der Waals surface area contributed by atoms with Gasteiger partial charge in [0.1, 0.15) is 16.9 Å². The van der Waals surface area contributed by atoms with Crippen molar-refractivity contribution >= 4 is 34.0 Å². The van der Waals surface area contributed by atoms with Crippen LogP contribution in [0.3, 0.4) is 0 Å². The largest absolute Gasteiger partial charge is 0.433 e. The van der Waals surface area contributed by atoms with Crippen LogP contribution in [0.2, 0.25) is 0 Å². The lowest BCUT2D eigenvalue weighted by Gasteiger charge is -2.13. The molecule has 5 heteroatoms. The van der Waals surface area contributed by atoms with Crippen LogP contribution >= 0.6 is 11.8 Å². The summed E-state index contributed by atoms with van der Waals surface area (Å²) in [7, 11) is 0. The Balaban J connectivity index is 1.87. The molecule has 114 valence electrons. The van der Waals surface area contributed by atoms with E-state index in [1.54, 1.807) is 18.1 Å². The van der Waals surface area contributed by atoms with Crippen molar-refractivity contribution in [1.82, 2.24) is 15.0 Å². The third kappa shape index (κ3) is 2.37. The van der Waals surface area contributed by atoms with E-state index in [1.165, 1.54) is 24.1 Å². The zero-order chi connectivity index (χ0) is 15.1. The highest BCUT2D eigenvalue weighted by molar-refractivity contribution is 7.99. The molecule has 0 amide bonds. The van der Waals surface area contributed by atoms with Crippen molar-refractivity contribution in [2.24, 2.45) is 5.92 Å². The highest BCUT2D eigenvalue weighted by Gasteiger charge is 2.19. The van der Waals surface area contributed by atoms with Crippen molar-refractivity contribution in [2.45, 2.75) is 44.6 Å². The number of aryl methyl sites for hydroxylation is 2. The number of fused-ring (bicyclic) bond motifs is 4. The van der Waals surface area contributed by atoms with Crippen LogP contribution in [-0.4, -0.2) is 20.7 Å². The number of pyridine rings is 1. The molecule has 1 aliphatic rings. The Hall–Kier alpha value is -1.62. The van der Waals surface area contributed by atoms with Gasteiger partial charge in [0.15, 0.2) is 5.58 Å². The van der Waals surface area contributed by atoms with E-state index in [9.17, 15) is 0 Å². The van der Waals surface area contributed by atoms with Crippen LogP contribution in [0, 0.1) is 5.92 Å². The lowest BCUT2D eigenvalue weighted by Crippen LogP contribution is -2.04. The van der Waals surface area contributed by atoms with Gasteiger partial charge in [0.05, 0.1) is 5.39 Å². The number of hydrogen-bond donors (Lipinski definition) is 0. The number of aromatic nitrogens is 3. The van der Waals surface area contributed by atoms with Gasteiger partial charge in [-0.05, 0) is 43.2 Å². The average Bonchev–Trinajstić information content (AvgIpc) is 2.88. The van der Waals surface area contributed by atoms with Crippen LogP contribution in [-0.2, 0) is 12.8 Å². The summed E-state index contributed by atoms with van der Waals surface area (Å²) in [5.41, 5.74) is 4.95. The van der Waals surface area contributed by atoms with Crippen molar-refractivity contribution in [2.75, 3.05) is 5.75 Å². The summed E-state index contributed by atoms with van der Waals surface area (Å²) in [6, 6.07) is 2.23. The standard InChI is InChI=1S/C17H19N3OS/c1-10(2)8-22-17-15-14(18-9-19-17)12-7-11-5-3-4-6-13(11)20-16(12)21-15/h7,9-10H,3-6,8H2,1-2H3. The van der Waals surface area contributed by atoms with Gasteiger partial charge in [0, 0.05) is 11.4 Å². The summed E-state index contributed by atoms with van der Waals surface area (Å²) < 4.78 is 6.03. The molecule has 4 nitrogen and oxygen atoms in total. The smallest absolute Gasteiger partial charge is 0.229 e. The maximum atomic E-state index is 6.03. The van der Waals surface area contributed by atoms with Crippen LogP contribution < -0.4 is 0 Å². The van der Waals surface area contributed by atoms with Crippen molar-refractivity contribution < 1.29 is 4.42 Å². The van der Waals surface area contributed by atoms with Gasteiger partial charge in [-0.1, -0.05) is 13.8 Å². The Morgan fingerprint density at radius 2 is 2.09 bits per heavy atom. The predicted octanol–water partition coefficient (Wildman–Crippen LogP) is 4.40. The predicted molar refractivity (Wildman–Crippen MR) is 89.3 cm³/mol. The number of nitrogens with zero attached hydrogens (tertiary/aromatic N) is 3. The molecule has 0 radical (unpaired) electrons. The van der Waals surface area contributed by atoms with Crippen LogP contribution in [0.15, 0.2) is 21.8 Å². The second kappa shape index (κ2) is 5.54. The highest BCUT2D eigenvalue weighted by atomic mass is 32.2. The van der Waals surface area contributed by atoms with E-state index in [-0.39, 0.29) is 0 Å². The second-order valence-corrected chi connectivity index (χ2v) is 7.33. The number of rotatable bonds is 3. The Morgan fingerprint density at radius 1 is 1.23 bits per heavy atom. The lowest BCUT2D eigenvalue weighted by molar-refractivity contribution is 0.623. The Morgan fingerprint density at radius 3 is 2.95 bits per heavy atom. The van der Waals surface area contributed by atoms with Gasteiger partial charge in [-0.25, -0.2) is 15.0 Å². The summed E-state index contributed by atoms with van der Waals surface area (Å²) in [4.78, 5) is 13.6. The molecule has 0 spiro atoms. The molecule has 0 N–H and O–H groups in total. The summed E-state index contributed by atoms with van der Waals surface area (Å²) in [6.45, 7) is 4.42. The minimum atomic E-state index is 0.616. The fourth-order valence-electron chi connectivity index (χ4n) is 2.95. The molecule has 3 aromatic rings. The topological polar surface area (TPSA) is 51.8 Å². The van der Waals surface area contributed by atoms with Crippen LogP contribution in [0.4, 0.5) is 0 Å². The number of thioether (sulfide) groups is 1. The van der Waals surface area contributed by atoms with E-state index in [4.69, 9.17) is 9.40 Å². The second-order valence-electron chi connectivity index (χ2n) is 6.32. The monoisotopic (exact) mass is 313 g/mol. The zero-order valence-electron chi connectivity index (χ0n) is 12.9. The average molecular weight is 313 g/mol. The molecule has 3 heterocycles. The Bertz CT molecular complexity index is 841. The molecule has 22 heavy (non-hydrogen) atoms. The minimum absolute atomic E-state index is 0.616. The molecule has 0 fully saturated rings. The molecule has 3 aromatic heterocycles. The maximum absolute atomic E-state index is 6.03. The molecule has 0 aliphatic heterocycles. The van der Waals surface area contributed by atoms with E-state index in [0.717, 1.165) is 40.1 Å². The highest BCUT2D eigenvalue weighted by Crippen LogP contribution is 2.34. The van der Waals surface area contributed by atoms with Gasteiger partial charge in [-0.15, -0.1) is 11.8 Å². The maximum Gasteiger partial charge on any atom is 0.229 e. The molecule has 0 saturated carbocycles. The van der Waals surface area contributed by atoms with Gasteiger partial charge < -0.3 is 4.42 Å². The first-order chi connectivity index (χ1) is 10.7. The molecule has 4 rings (SSSR count). The SMILES string of the molecule is CC(C)CSc1ncnc2c1oc1nc3c(cc12)CCCC3. The number of furan rings is 1. The van der Waals surface area contributed by atoms with Crippen LogP contribution in [0.5, 0.6) is 0 Å². The summed E-state index contributed by atoms with van der Waals surface area (Å²) >= 11 is 1.73. The molecular weight excluding hydrogens is 294 g/mol. The van der Waals surface area contributed by atoms with E-state index in [0.29, 0.717) is 11.6 Å². The first kappa shape index (κ1) is 14.0. The zero-order valence-corrected chi connectivity index (χ0v) is 13.7. The Labute approximate surface area is 133 Å². The van der Waals surface area contributed by atoms with Gasteiger partial charge in [-0.3, -0.25) is 0 Å². The van der Waals surface area contributed by atoms with Crippen molar-refractivity contribution in [3.8, 4) is 0 Å².